The Morgan fingerprint density at radius 3 is 2.47 bits per heavy atom. The first-order valence-electron chi connectivity index (χ1n) is 5.53. The lowest BCUT2D eigenvalue weighted by atomic mass is 10.2. The van der Waals surface area contributed by atoms with Crippen molar-refractivity contribution in [3.05, 3.63) is 52.5 Å². The predicted molar refractivity (Wildman–Crippen MR) is 80.5 cm³/mol. The second-order valence-electron chi connectivity index (χ2n) is 4.11. The van der Waals surface area contributed by atoms with Crippen LogP contribution in [-0.4, -0.2) is 8.42 Å². The Labute approximate surface area is 120 Å². The van der Waals surface area contributed by atoms with E-state index < -0.39 is 10.0 Å². The molecule has 0 atom stereocenters. The summed E-state index contributed by atoms with van der Waals surface area (Å²) < 4.78 is 27.9. The summed E-state index contributed by atoms with van der Waals surface area (Å²) in [6.07, 6.45) is 0. The van der Waals surface area contributed by atoms with Gasteiger partial charge in [-0.2, -0.15) is 0 Å². The van der Waals surface area contributed by atoms with Crippen LogP contribution in [0.4, 0.5) is 11.4 Å². The maximum Gasteiger partial charge on any atom is 0.262 e. The number of halogens is 1. The second kappa shape index (κ2) is 5.22. The second-order valence-corrected chi connectivity index (χ2v) is 6.62. The summed E-state index contributed by atoms with van der Waals surface area (Å²) in [5.41, 5.74) is 7.27. The van der Waals surface area contributed by atoms with Gasteiger partial charge in [-0.25, -0.2) is 8.42 Å². The number of sulfonamides is 1. The minimum Gasteiger partial charge on any atom is -0.399 e. The largest absolute Gasteiger partial charge is 0.399 e. The average Bonchev–Trinajstić information content (AvgIpc) is 2.31. The van der Waals surface area contributed by atoms with Crippen LogP contribution < -0.4 is 10.5 Å². The smallest absolute Gasteiger partial charge is 0.262 e. The SMILES string of the molecule is Cc1cc(N)ccc1S(=O)(=O)Nc1ccccc1Br. The molecule has 4 nitrogen and oxygen atoms in total. The fourth-order valence-electron chi connectivity index (χ4n) is 1.72. The molecule has 2 rings (SSSR count). The van der Waals surface area contributed by atoms with Crippen molar-refractivity contribution in [1.82, 2.24) is 0 Å². The van der Waals surface area contributed by atoms with Crippen LogP contribution in [0.2, 0.25) is 0 Å². The highest BCUT2D eigenvalue weighted by molar-refractivity contribution is 9.10. The van der Waals surface area contributed by atoms with E-state index in [0.717, 1.165) is 0 Å². The van der Waals surface area contributed by atoms with Crippen molar-refractivity contribution >= 4 is 37.3 Å². The molecule has 0 bridgehead atoms. The van der Waals surface area contributed by atoms with Gasteiger partial charge in [-0.3, -0.25) is 4.72 Å². The maximum atomic E-state index is 12.3. The van der Waals surface area contributed by atoms with Crippen LogP contribution in [0.25, 0.3) is 0 Å². The summed E-state index contributed by atoms with van der Waals surface area (Å²) in [4.78, 5) is 0.220. The molecule has 19 heavy (non-hydrogen) atoms. The number of anilines is 2. The van der Waals surface area contributed by atoms with Gasteiger partial charge in [-0.1, -0.05) is 12.1 Å². The molecule has 6 heteroatoms. The van der Waals surface area contributed by atoms with E-state index in [2.05, 4.69) is 20.7 Å². The first-order valence-corrected chi connectivity index (χ1v) is 7.81. The van der Waals surface area contributed by atoms with Gasteiger partial charge in [-0.05, 0) is 58.7 Å². The number of nitrogens with one attached hydrogen (secondary N) is 1. The van der Waals surface area contributed by atoms with Crippen LogP contribution in [0, 0.1) is 6.92 Å². The summed E-state index contributed by atoms with van der Waals surface area (Å²) in [6, 6.07) is 11.7. The van der Waals surface area contributed by atoms with Gasteiger partial charge in [0.05, 0.1) is 10.6 Å². The first-order chi connectivity index (χ1) is 8.90. The topological polar surface area (TPSA) is 72.2 Å². The van der Waals surface area contributed by atoms with Crippen molar-refractivity contribution in [3.63, 3.8) is 0 Å². The van der Waals surface area contributed by atoms with Gasteiger partial charge in [0.2, 0.25) is 0 Å². The highest BCUT2D eigenvalue weighted by Crippen LogP contribution is 2.26. The molecule has 0 unspecified atom stereocenters. The first kappa shape index (κ1) is 13.9. The quantitative estimate of drug-likeness (QED) is 0.843. The van der Waals surface area contributed by atoms with Crippen molar-refractivity contribution in [2.24, 2.45) is 0 Å². The van der Waals surface area contributed by atoms with Gasteiger partial charge in [0.25, 0.3) is 10.0 Å². The molecule has 0 amide bonds. The van der Waals surface area contributed by atoms with E-state index in [1.165, 1.54) is 6.07 Å². The molecular weight excluding hydrogens is 328 g/mol. The van der Waals surface area contributed by atoms with Crippen LogP contribution >= 0.6 is 15.9 Å². The lowest BCUT2D eigenvalue weighted by molar-refractivity contribution is 0.600. The van der Waals surface area contributed by atoms with Gasteiger partial charge in [0.1, 0.15) is 0 Å². The normalized spacial score (nSPS) is 11.3. The molecule has 0 saturated heterocycles. The zero-order valence-electron chi connectivity index (χ0n) is 10.2. The lowest BCUT2D eigenvalue weighted by Crippen LogP contribution is -2.14. The van der Waals surface area contributed by atoms with Crippen molar-refractivity contribution in [3.8, 4) is 0 Å². The number of hydrogen-bond donors (Lipinski definition) is 2. The van der Waals surface area contributed by atoms with Gasteiger partial charge >= 0.3 is 0 Å². The van der Waals surface area contributed by atoms with E-state index in [-0.39, 0.29) is 4.90 Å². The van der Waals surface area contributed by atoms with Gasteiger partial charge < -0.3 is 5.73 Å². The Balaban J connectivity index is 2.41. The van der Waals surface area contributed by atoms with Gasteiger partial charge in [0, 0.05) is 10.2 Å². The van der Waals surface area contributed by atoms with Gasteiger partial charge in [-0.15, -0.1) is 0 Å². The summed E-state index contributed by atoms with van der Waals surface area (Å²) in [5, 5.41) is 0. The number of hydrogen-bond acceptors (Lipinski definition) is 3. The molecule has 0 aromatic heterocycles. The molecular formula is C13H13BrN2O2S. The Morgan fingerprint density at radius 2 is 1.84 bits per heavy atom. The van der Waals surface area contributed by atoms with Crippen molar-refractivity contribution < 1.29 is 8.42 Å². The fraction of sp³-hybridized carbons (Fsp3) is 0.0769. The molecule has 2 aromatic rings. The molecule has 0 aliphatic heterocycles. The third-order valence-corrected chi connectivity index (χ3v) is 4.82. The number of rotatable bonds is 3. The number of para-hydroxylation sites is 1. The van der Waals surface area contributed by atoms with E-state index in [1.54, 1.807) is 37.3 Å². The Kier molecular flexibility index (Phi) is 3.82. The molecule has 0 fully saturated rings. The fourth-order valence-corrected chi connectivity index (χ4v) is 3.54. The monoisotopic (exact) mass is 340 g/mol. The molecule has 100 valence electrons. The standard InChI is InChI=1S/C13H13BrN2O2S/c1-9-8-10(15)6-7-13(9)19(17,18)16-12-5-3-2-4-11(12)14/h2-8,16H,15H2,1H3. The highest BCUT2D eigenvalue weighted by atomic mass is 79.9. The van der Waals surface area contributed by atoms with Crippen molar-refractivity contribution in [2.45, 2.75) is 11.8 Å². The summed E-state index contributed by atoms with van der Waals surface area (Å²) in [7, 11) is -3.62. The maximum absolute atomic E-state index is 12.3. The zero-order valence-corrected chi connectivity index (χ0v) is 12.6. The third-order valence-electron chi connectivity index (χ3n) is 2.61. The lowest BCUT2D eigenvalue weighted by Gasteiger charge is -2.11. The number of nitrogen functional groups attached to an aromatic ring is 1. The van der Waals surface area contributed by atoms with E-state index >= 15 is 0 Å². The van der Waals surface area contributed by atoms with Crippen molar-refractivity contribution in [2.75, 3.05) is 10.5 Å². The zero-order chi connectivity index (χ0) is 14.0. The molecule has 3 N–H and O–H groups in total. The number of nitrogens with two attached hydrogens (primary N) is 1. The summed E-state index contributed by atoms with van der Waals surface area (Å²) >= 11 is 3.30. The number of aryl methyl sites for hydroxylation is 1. The minimum absolute atomic E-state index is 0.220. The summed E-state index contributed by atoms with van der Waals surface area (Å²) in [6.45, 7) is 1.71. The average molecular weight is 341 g/mol. The molecule has 2 aromatic carbocycles. The van der Waals surface area contributed by atoms with Crippen LogP contribution in [0.1, 0.15) is 5.56 Å². The van der Waals surface area contributed by atoms with Crippen LogP contribution in [0.15, 0.2) is 51.8 Å². The molecule has 0 spiro atoms. The van der Waals surface area contributed by atoms with E-state index in [4.69, 9.17) is 5.73 Å². The molecule has 0 radical (unpaired) electrons. The minimum atomic E-state index is -3.62. The van der Waals surface area contributed by atoms with E-state index in [1.807, 2.05) is 6.07 Å². The molecule has 0 aliphatic carbocycles. The Hall–Kier alpha value is -1.53. The third kappa shape index (κ3) is 3.08. The van der Waals surface area contributed by atoms with Crippen LogP contribution in [-0.2, 0) is 10.0 Å². The molecule has 0 aliphatic rings. The van der Waals surface area contributed by atoms with Crippen LogP contribution in [0.5, 0.6) is 0 Å². The number of benzene rings is 2. The Bertz CT molecular complexity index is 714. The van der Waals surface area contributed by atoms with E-state index in [0.29, 0.717) is 21.4 Å². The van der Waals surface area contributed by atoms with Crippen LogP contribution in [0.3, 0.4) is 0 Å². The molecule has 0 heterocycles. The van der Waals surface area contributed by atoms with E-state index in [9.17, 15) is 8.42 Å². The van der Waals surface area contributed by atoms with Crippen molar-refractivity contribution in [1.29, 1.82) is 0 Å². The predicted octanol–water partition coefficient (Wildman–Crippen LogP) is 3.14. The molecule has 0 saturated carbocycles. The summed E-state index contributed by atoms with van der Waals surface area (Å²) in [5.74, 6) is 0. The van der Waals surface area contributed by atoms with Gasteiger partial charge in [0.15, 0.2) is 0 Å². The highest BCUT2D eigenvalue weighted by Gasteiger charge is 2.17. The Morgan fingerprint density at radius 1 is 1.16 bits per heavy atom.